The first-order valence-electron chi connectivity index (χ1n) is 28.6. The molecule has 6 aliphatic carbocycles. The number of fused-ring (bicyclic) bond motifs is 10. The van der Waals surface area contributed by atoms with Gasteiger partial charge in [-0.2, -0.15) is 9.58 Å². The summed E-state index contributed by atoms with van der Waals surface area (Å²) in [5, 5.41) is -4.08. The Hall–Kier alpha value is -8.50. The predicted octanol–water partition coefficient (Wildman–Crippen LogP) is 6.87. The summed E-state index contributed by atoms with van der Waals surface area (Å²) in [4.78, 5) is 105. The maximum Gasteiger partial charge on any atom is 0.333 e. The minimum atomic E-state index is -2.03. The third-order valence-electron chi connectivity index (χ3n) is 18.2. The average molecular weight is 1200 g/mol. The summed E-state index contributed by atoms with van der Waals surface area (Å²) in [6.07, 6.45) is -6.07. The first-order chi connectivity index (χ1) is 42.3. The van der Waals surface area contributed by atoms with Crippen molar-refractivity contribution >= 4 is 33.1 Å². The number of Topliss-reactive ketones (excluding diaryl/α,β-unsaturated/α-hetero) is 2. The number of benzene rings is 4. The van der Waals surface area contributed by atoms with Crippen LogP contribution < -0.4 is 51.4 Å². The van der Waals surface area contributed by atoms with Gasteiger partial charge in [-0.15, -0.1) is 0 Å². The van der Waals surface area contributed by atoms with Crippen LogP contribution in [0.4, 0.5) is 0 Å². The van der Waals surface area contributed by atoms with Gasteiger partial charge in [0.15, 0.2) is 62.2 Å². The highest BCUT2D eigenvalue weighted by atomic mass is 16.8. The molecule has 2 unspecified atom stereocenters. The van der Waals surface area contributed by atoms with Crippen LogP contribution in [0.15, 0.2) is 67.7 Å². The van der Waals surface area contributed by atoms with E-state index in [0.717, 1.165) is 33.4 Å². The van der Waals surface area contributed by atoms with Crippen LogP contribution in [0.2, 0.25) is 0 Å². The average Bonchev–Trinajstić information content (AvgIpc) is 1.48. The largest absolute Gasteiger partial charge is 0.467 e. The first kappa shape index (κ1) is 59.8. The van der Waals surface area contributed by atoms with Crippen molar-refractivity contribution in [2.45, 2.75) is 104 Å². The van der Waals surface area contributed by atoms with Crippen LogP contribution in [0, 0.1) is 74.3 Å². The number of aryl methyl sites for hydroxylation is 6. The molecule has 8 atom stereocenters. The Morgan fingerprint density at radius 1 is 0.443 bits per heavy atom. The van der Waals surface area contributed by atoms with E-state index >= 15 is 28.8 Å². The predicted molar refractivity (Wildman–Crippen MR) is 310 cm³/mol. The fourth-order valence-electron chi connectivity index (χ4n) is 15.0. The second kappa shape index (κ2) is 22.3. The molecule has 0 saturated carbocycles. The summed E-state index contributed by atoms with van der Waals surface area (Å²) in [6, 6.07) is 13.3. The number of carbonyl (C=O) groups is 2. The van der Waals surface area contributed by atoms with Crippen LogP contribution in [-0.4, -0.2) is 88.0 Å². The molecule has 0 bridgehead atoms. The van der Waals surface area contributed by atoms with Gasteiger partial charge in [0.1, 0.15) is 56.8 Å². The van der Waals surface area contributed by atoms with Crippen molar-refractivity contribution in [1.82, 2.24) is 0 Å². The zero-order chi connectivity index (χ0) is 62.7. The number of nitrogens with zero attached hydrogens (tertiary/aromatic N) is 4. The summed E-state index contributed by atoms with van der Waals surface area (Å²) in [6.45, 7) is 13.3. The summed E-state index contributed by atoms with van der Waals surface area (Å²) in [7, 11) is 5.45. The Labute approximate surface area is 500 Å². The molecular formula is C66H62N4O18. The van der Waals surface area contributed by atoms with Crippen molar-refractivity contribution in [3.05, 3.63) is 199 Å². The second-order valence-electron chi connectivity index (χ2n) is 23.0. The first-order valence-corrected chi connectivity index (χ1v) is 28.6. The van der Waals surface area contributed by atoms with E-state index in [2.05, 4.69) is 9.58 Å². The zero-order valence-electron chi connectivity index (χ0n) is 50.5. The van der Waals surface area contributed by atoms with Gasteiger partial charge in [0.2, 0.25) is 10.9 Å². The lowest BCUT2D eigenvalue weighted by Gasteiger charge is -2.51. The minimum absolute atomic E-state index is 0.100. The van der Waals surface area contributed by atoms with Gasteiger partial charge in [-0.1, -0.05) is 49.2 Å². The number of hydrogen-bond acceptors (Lipinski definition) is 18. The molecule has 2 aliphatic heterocycles. The molecule has 22 nitrogen and oxygen atoms in total. The SMILES string of the molecule is CC[C@@]12O[C@H](c3c(C)cc(C)cc3C)O[C@@H]1c1c(c3c(=O)c4c(OCOC)ccc(OCOC)c4c(=O)c=3c1=[N+]=[N-])C(=O)C2C1C(=O)c2c(c(=[N+]=[N-])c3c(=O)c4c(OCOC)ccc(OCOC)c4c(=O)c2=3)[C@H]2O[C@@H](c3c(C)cc(C)cc3C)O[C@@]12CC. The van der Waals surface area contributed by atoms with E-state index in [4.69, 9.17) is 56.8 Å². The molecule has 454 valence electrons. The van der Waals surface area contributed by atoms with Crippen LogP contribution in [0.5, 0.6) is 23.0 Å². The van der Waals surface area contributed by atoms with E-state index in [-0.39, 0.29) is 95.7 Å². The fourth-order valence-corrected chi connectivity index (χ4v) is 15.0. The molecule has 4 aromatic carbocycles. The number of ketones is 2. The molecule has 88 heavy (non-hydrogen) atoms. The molecule has 4 aromatic rings. The molecule has 12 rings (SSSR count). The van der Waals surface area contributed by atoms with E-state index in [1.54, 1.807) is 13.8 Å². The van der Waals surface area contributed by atoms with Crippen LogP contribution in [-0.2, 0) is 37.9 Å². The van der Waals surface area contributed by atoms with E-state index in [1.807, 2.05) is 65.8 Å². The van der Waals surface area contributed by atoms with Crippen molar-refractivity contribution in [3.63, 3.8) is 0 Å². The lowest BCUT2D eigenvalue weighted by Crippen LogP contribution is -2.63. The van der Waals surface area contributed by atoms with Crippen molar-refractivity contribution in [3.8, 4) is 23.0 Å². The summed E-state index contributed by atoms with van der Waals surface area (Å²) >= 11 is 0. The summed E-state index contributed by atoms with van der Waals surface area (Å²) < 4.78 is 73.8. The van der Waals surface area contributed by atoms with Crippen molar-refractivity contribution < 1.29 is 76.0 Å². The van der Waals surface area contributed by atoms with Gasteiger partial charge in [-0.05, 0) is 101 Å². The van der Waals surface area contributed by atoms with Gasteiger partial charge < -0.3 is 67.9 Å². The molecule has 0 aromatic heterocycles. The Morgan fingerprint density at radius 2 is 0.727 bits per heavy atom. The standard InChI is InChI=1S/C66H62N4O18/c1-13-65-51(59(75)45-43-47(57(73)41-35(83-25-79-11)17-15-33(81-23-77-9)39(41)55(43)71)53(69-67)49(45)61(65)85-63(87-65)37-29(5)19-27(3)20-30(37)6)52-60(76)46-44-48(58(74)42-36(84-26-80-12)18-16-34(82-24-78-10)40(42)56(44)72)54(70-68)50(46)62-66(52,14-2)88-64(86-62)38-31(7)21-28(4)22-32(38)8/h15-22,51-52,61-64H,13-14,23-26H2,1-12H3/t51?,52?,61-,62-,63-,64-,65+,66+/m1/s1. The normalized spacial score (nSPS) is 22.9. The van der Waals surface area contributed by atoms with E-state index < -0.39 is 124 Å². The maximum atomic E-state index is 17.3. The maximum absolute atomic E-state index is 17.3. The van der Waals surface area contributed by atoms with Crippen LogP contribution >= 0.6 is 0 Å². The second-order valence-corrected chi connectivity index (χ2v) is 23.0. The highest BCUT2D eigenvalue weighted by Gasteiger charge is 2.73. The van der Waals surface area contributed by atoms with Crippen LogP contribution in [0.25, 0.3) is 32.6 Å². The van der Waals surface area contributed by atoms with Gasteiger partial charge in [-0.25, -0.2) is 0 Å². The lowest BCUT2D eigenvalue weighted by molar-refractivity contribution is -0.151. The molecule has 2 heterocycles. The Balaban J connectivity index is 1.25. The number of rotatable bonds is 17. The molecule has 2 fully saturated rings. The lowest BCUT2D eigenvalue weighted by atomic mass is 9.55. The highest BCUT2D eigenvalue weighted by molar-refractivity contribution is 6.10. The van der Waals surface area contributed by atoms with Crippen LogP contribution in [0.1, 0.15) is 128 Å². The number of carbonyl (C=O) groups excluding carboxylic acids is 2. The van der Waals surface area contributed by atoms with Gasteiger partial charge in [0, 0.05) is 50.7 Å². The van der Waals surface area contributed by atoms with Gasteiger partial charge in [0.25, 0.3) is 0 Å². The van der Waals surface area contributed by atoms with Gasteiger partial charge in [-0.3, -0.25) is 28.8 Å². The van der Waals surface area contributed by atoms with E-state index in [0.29, 0.717) is 11.1 Å². The number of hydrogen-bond donors (Lipinski definition) is 0. The van der Waals surface area contributed by atoms with E-state index in [9.17, 15) is 11.1 Å². The van der Waals surface area contributed by atoms with Gasteiger partial charge >= 0.3 is 10.7 Å². The van der Waals surface area contributed by atoms with Crippen LogP contribution in [0.3, 0.4) is 0 Å². The summed E-state index contributed by atoms with van der Waals surface area (Å²) in [5.41, 5.74) is 19.9. The molecular weight excluding hydrogens is 1140 g/mol. The molecule has 0 radical (unpaired) electrons. The number of ether oxygens (including phenoxy) is 12. The van der Waals surface area contributed by atoms with Crippen molar-refractivity contribution in [2.75, 3.05) is 55.6 Å². The third kappa shape index (κ3) is 8.32. The Kier molecular flexibility index (Phi) is 15.1. The minimum Gasteiger partial charge on any atom is -0.467 e. The molecule has 0 N–H and O–H groups in total. The van der Waals surface area contributed by atoms with Gasteiger partial charge in [0.05, 0.1) is 54.9 Å². The molecule has 2 saturated heterocycles. The Bertz CT molecular complexity index is 4510. The van der Waals surface area contributed by atoms with Crippen molar-refractivity contribution in [1.29, 1.82) is 0 Å². The summed E-state index contributed by atoms with van der Waals surface area (Å²) in [5.74, 6) is -5.99. The van der Waals surface area contributed by atoms with E-state index in [1.165, 1.54) is 52.7 Å². The molecule has 22 heteroatoms. The number of methoxy groups -OCH3 is 4. The highest BCUT2D eigenvalue weighted by Crippen LogP contribution is 2.65. The smallest absolute Gasteiger partial charge is 0.333 e. The monoisotopic (exact) mass is 1200 g/mol. The Morgan fingerprint density at radius 3 is 0.989 bits per heavy atom. The molecule has 8 aliphatic rings. The quantitative estimate of drug-likeness (QED) is 0.0510. The fraction of sp³-hybridized carbons (Fsp3) is 0.394. The topological polar surface area (TPSA) is 286 Å². The molecule has 0 amide bonds. The van der Waals surface area contributed by atoms with Crippen molar-refractivity contribution in [2.24, 2.45) is 11.8 Å². The zero-order valence-corrected chi connectivity index (χ0v) is 50.5. The molecule has 0 spiro atoms. The third-order valence-corrected chi connectivity index (χ3v) is 18.2.